The van der Waals surface area contributed by atoms with Gasteiger partial charge in [0.1, 0.15) is 6.54 Å². The summed E-state index contributed by atoms with van der Waals surface area (Å²) in [5, 5.41) is 2.85. The summed E-state index contributed by atoms with van der Waals surface area (Å²) in [4.78, 5) is 0. The third kappa shape index (κ3) is 3.43. The van der Waals surface area contributed by atoms with Crippen molar-refractivity contribution in [2.24, 2.45) is 0 Å². The Balaban J connectivity index is 2.72. The first kappa shape index (κ1) is 16.8. The Morgan fingerprint density at radius 2 is 1.68 bits per heavy atom. The molecule has 2 rings (SSSR count). The molecule has 0 spiro atoms. The number of hydrogen-bond donors (Lipinski definition) is 0. The molecule has 0 bridgehead atoms. The molecule has 1 aromatic carbocycles. The van der Waals surface area contributed by atoms with Gasteiger partial charge in [-0.2, -0.15) is 26.3 Å². The third-order valence-corrected chi connectivity index (χ3v) is 3.23. The van der Waals surface area contributed by atoms with Crippen molar-refractivity contribution in [2.45, 2.75) is 18.9 Å². The van der Waals surface area contributed by atoms with Crippen LogP contribution in [0.5, 0.6) is 0 Å². The molecular weight excluding hydrogens is 356 g/mol. The van der Waals surface area contributed by atoms with Crippen LogP contribution in [-0.4, -0.2) is 20.5 Å². The quantitative estimate of drug-likeness (QED) is 0.574. The Morgan fingerprint density at radius 1 is 1.09 bits per heavy atom. The van der Waals surface area contributed by atoms with Crippen molar-refractivity contribution in [2.75, 3.05) is 0 Å². The summed E-state index contributed by atoms with van der Waals surface area (Å²) in [5.41, 5.74) is -0.199. The molecule has 1 heterocycles. The predicted octanol–water partition coefficient (Wildman–Crippen LogP) is 4.64. The number of alkyl halides is 6. The standard InChI is InChI=1S/C11H6ClF6N3S/c12-6-3-1-2-4-7(6)21-8(11(16,17)18)19-20(9(21)22)5-10(13,14)15/h1-4H,5H2. The second-order valence-electron chi connectivity index (χ2n) is 4.16. The molecule has 0 aliphatic carbocycles. The molecule has 0 N–H and O–H groups in total. The van der Waals surface area contributed by atoms with Gasteiger partial charge in [0, 0.05) is 0 Å². The first-order valence-corrected chi connectivity index (χ1v) is 6.38. The highest BCUT2D eigenvalue weighted by atomic mass is 35.5. The van der Waals surface area contributed by atoms with E-state index in [1.807, 2.05) is 0 Å². The van der Waals surface area contributed by atoms with Crippen molar-refractivity contribution in [1.82, 2.24) is 14.3 Å². The molecule has 0 fully saturated rings. The van der Waals surface area contributed by atoms with Crippen molar-refractivity contribution in [3.05, 3.63) is 39.9 Å². The van der Waals surface area contributed by atoms with Crippen LogP contribution in [0.2, 0.25) is 5.02 Å². The highest BCUT2D eigenvalue weighted by Gasteiger charge is 2.40. The highest BCUT2D eigenvalue weighted by molar-refractivity contribution is 7.71. The molecule has 120 valence electrons. The molecule has 0 amide bonds. The normalized spacial score (nSPS) is 12.7. The van der Waals surface area contributed by atoms with E-state index in [4.69, 9.17) is 23.8 Å². The minimum atomic E-state index is -5.00. The van der Waals surface area contributed by atoms with Gasteiger partial charge in [-0.25, -0.2) is 4.68 Å². The molecular formula is C11H6ClF6N3S. The monoisotopic (exact) mass is 361 g/mol. The Morgan fingerprint density at radius 3 is 2.18 bits per heavy atom. The smallest absolute Gasteiger partial charge is 0.263 e. The lowest BCUT2D eigenvalue weighted by Gasteiger charge is -2.10. The summed E-state index contributed by atoms with van der Waals surface area (Å²) >= 11 is 10.5. The highest BCUT2D eigenvalue weighted by Crippen LogP contribution is 2.32. The van der Waals surface area contributed by atoms with Gasteiger partial charge in [-0.05, 0) is 24.4 Å². The van der Waals surface area contributed by atoms with Crippen LogP contribution in [-0.2, 0) is 12.7 Å². The summed E-state index contributed by atoms with van der Waals surface area (Å²) in [6.45, 7) is -1.73. The van der Waals surface area contributed by atoms with Gasteiger partial charge in [-0.1, -0.05) is 23.7 Å². The van der Waals surface area contributed by atoms with Crippen LogP contribution in [0.1, 0.15) is 5.82 Å². The van der Waals surface area contributed by atoms with E-state index in [1.165, 1.54) is 24.3 Å². The SMILES string of the molecule is FC(F)(F)Cn1nc(C(F)(F)F)n(-c2ccccc2Cl)c1=S. The van der Waals surface area contributed by atoms with Gasteiger partial charge in [-0.3, -0.25) is 4.57 Å². The van der Waals surface area contributed by atoms with Gasteiger partial charge in [-0.15, -0.1) is 5.10 Å². The number of rotatable bonds is 2. The number of benzene rings is 1. The second-order valence-corrected chi connectivity index (χ2v) is 4.94. The molecule has 0 saturated carbocycles. The zero-order valence-corrected chi connectivity index (χ0v) is 12.0. The molecule has 2 aromatic rings. The predicted molar refractivity (Wildman–Crippen MR) is 68.5 cm³/mol. The molecule has 0 radical (unpaired) electrons. The van der Waals surface area contributed by atoms with Gasteiger partial charge in [0.15, 0.2) is 0 Å². The van der Waals surface area contributed by atoms with E-state index < -0.39 is 29.5 Å². The van der Waals surface area contributed by atoms with Crippen molar-refractivity contribution in [1.29, 1.82) is 0 Å². The second kappa shape index (κ2) is 5.58. The van der Waals surface area contributed by atoms with Crippen LogP contribution in [0.25, 0.3) is 5.69 Å². The van der Waals surface area contributed by atoms with Crippen LogP contribution in [0.15, 0.2) is 24.3 Å². The van der Waals surface area contributed by atoms with E-state index >= 15 is 0 Å². The maximum Gasteiger partial charge on any atom is 0.452 e. The first-order valence-electron chi connectivity index (χ1n) is 5.59. The zero-order chi connectivity index (χ0) is 16.7. The lowest BCUT2D eigenvalue weighted by atomic mass is 10.3. The molecule has 0 unspecified atom stereocenters. The van der Waals surface area contributed by atoms with E-state index in [0.717, 1.165) is 0 Å². The zero-order valence-electron chi connectivity index (χ0n) is 10.4. The molecule has 11 heteroatoms. The van der Waals surface area contributed by atoms with E-state index in [-0.39, 0.29) is 15.4 Å². The van der Waals surface area contributed by atoms with Gasteiger partial charge in [0.2, 0.25) is 10.6 Å². The number of halogens is 7. The topological polar surface area (TPSA) is 22.8 Å². The summed E-state index contributed by atoms with van der Waals surface area (Å²) in [6, 6.07) is 5.33. The minimum absolute atomic E-state index is 0.0709. The Kier molecular flexibility index (Phi) is 4.26. The Hall–Kier alpha value is -1.55. The average molecular weight is 362 g/mol. The largest absolute Gasteiger partial charge is 0.452 e. The summed E-state index contributed by atoms with van der Waals surface area (Å²) in [5.74, 6) is -1.57. The first-order chi connectivity index (χ1) is 10.0. The van der Waals surface area contributed by atoms with Crippen LogP contribution in [0.3, 0.4) is 0 Å². The number of nitrogens with zero attached hydrogens (tertiary/aromatic N) is 3. The Labute approximate surface area is 129 Å². The van der Waals surface area contributed by atoms with Crippen molar-refractivity contribution < 1.29 is 26.3 Å². The van der Waals surface area contributed by atoms with E-state index in [1.54, 1.807) is 0 Å². The maximum atomic E-state index is 13.0. The average Bonchev–Trinajstić information content (AvgIpc) is 2.66. The molecule has 0 aliphatic heterocycles. The fraction of sp³-hybridized carbons (Fsp3) is 0.273. The van der Waals surface area contributed by atoms with Crippen LogP contribution in [0, 0.1) is 4.77 Å². The molecule has 1 aromatic heterocycles. The lowest BCUT2D eigenvalue weighted by Crippen LogP contribution is -2.19. The third-order valence-electron chi connectivity index (χ3n) is 2.52. The van der Waals surface area contributed by atoms with Crippen molar-refractivity contribution in [3.8, 4) is 5.69 Å². The fourth-order valence-corrected chi connectivity index (χ4v) is 2.22. The number of aromatic nitrogens is 3. The van der Waals surface area contributed by atoms with Crippen LogP contribution < -0.4 is 0 Å². The van der Waals surface area contributed by atoms with E-state index in [9.17, 15) is 26.3 Å². The summed E-state index contributed by atoms with van der Waals surface area (Å²) < 4.78 is 76.0. The van der Waals surface area contributed by atoms with Crippen molar-refractivity contribution in [3.63, 3.8) is 0 Å². The minimum Gasteiger partial charge on any atom is -0.263 e. The van der Waals surface area contributed by atoms with E-state index in [2.05, 4.69) is 5.10 Å². The van der Waals surface area contributed by atoms with Crippen LogP contribution >= 0.6 is 23.8 Å². The molecule has 0 aliphatic rings. The van der Waals surface area contributed by atoms with Gasteiger partial charge < -0.3 is 0 Å². The molecule has 3 nitrogen and oxygen atoms in total. The molecule has 0 atom stereocenters. The lowest BCUT2D eigenvalue weighted by molar-refractivity contribution is -0.151. The maximum absolute atomic E-state index is 13.0. The van der Waals surface area contributed by atoms with Gasteiger partial charge in [0.05, 0.1) is 10.7 Å². The number of para-hydroxylation sites is 1. The van der Waals surface area contributed by atoms with Gasteiger partial charge in [0.25, 0.3) is 0 Å². The van der Waals surface area contributed by atoms with E-state index in [0.29, 0.717) is 4.57 Å². The van der Waals surface area contributed by atoms with Crippen LogP contribution in [0.4, 0.5) is 26.3 Å². The molecule has 0 saturated heterocycles. The Bertz CT molecular complexity index is 746. The molecule has 22 heavy (non-hydrogen) atoms. The summed E-state index contributed by atoms with van der Waals surface area (Å²) in [7, 11) is 0. The fourth-order valence-electron chi connectivity index (χ4n) is 1.71. The van der Waals surface area contributed by atoms with Gasteiger partial charge >= 0.3 is 12.4 Å². The summed E-state index contributed by atoms with van der Waals surface area (Å²) in [6.07, 6.45) is -9.76. The van der Waals surface area contributed by atoms with Crippen molar-refractivity contribution >= 4 is 23.8 Å². The number of hydrogen-bond acceptors (Lipinski definition) is 2.